The minimum atomic E-state index is -4.36. The fourth-order valence-corrected chi connectivity index (χ4v) is 4.11. The number of carbonyl (C=O) groups excluding carboxylic acids is 2. The van der Waals surface area contributed by atoms with Crippen LogP contribution in [-0.2, 0) is 15.8 Å². The van der Waals surface area contributed by atoms with Gasteiger partial charge >= 0.3 is 6.18 Å². The number of piperazine rings is 1. The molecule has 6 nitrogen and oxygen atoms in total. The van der Waals surface area contributed by atoms with E-state index in [1.807, 2.05) is 11.9 Å². The highest BCUT2D eigenvalue weighted by Gasteiger charge is 2.31. The van der Waals surface area contributed by atoms with Crippen molar-refractivity contribution in [2.24, 2.45) is 0 Å². The van der Waals surface area contributed by atoms with Gasteiger partial charge in [0.2, 0.25) is 11.8 Å². The van der Waals surface area contributed by atoms with Crippen molar-refractivity contribution in [3.05, 3.63) is 29.8 Å². The average molecular weight is 426 g/mol. The molecule has 0 radical (unpaired) electrons. The Hall–Kier alpha value is -2.29. The molecule has 30 heavy (non-hydrogen) atoms. The van der Waals surface area contributed by atoms with Crippen LogP contribution in [0.2, 0.25) is 0 Å². The Kier molecular flexibility index (Phi) is 6.90. The standard InChI is InChI=1S/C21H29F3N4O2/c1-16(29)25(2)18-6-8-26(9-7-18)15-20(30)28-12-10-27(11-13-28)19-5-3-4-17(14-19)21(22,23)24/h3-5,14,18H,6-13,15H2,1-2H3. The molecule has 2 aliphatic heterocycles. The van der Waals surface area contributed by atoms with Gasteiger partial charge in [-0.3, -0.25) is 14.5 Å². The maximum absolute atomic E-state index is 12.9. The highest BCUT2D eigenvalue weighted by Crippen LogP contribution is 2.31. The zero-order chi connectivity index (χ0) is 21.9. The molecule has 1 aromatic rings. The molecule has 2 saturated heterocycles. The first-order valence-electron chi connectivity index (χ1n) is 10.3. The number of likely N-dealkylation sites (tertiary alicyclic amines) is 1. The van der Waals surface area contributed by atoms with Crippen molar-refractivity contribution < 1.29 is 22.8 Å². The third kappa shape index (κ3) is 5.44. The van der Waals surface area contributed by atoms with Crippen LogP contribution in [0, 0.1) is 0 Å². The van der Waals surface area contributed by atoms with Crippen LogP contribution in [0.15, 0.2) is 24.3 Å². The molecular formula is C21H29F3N4O2. The second-order valence-corrected chi connectivity index (χ2v) is 8.05. The number of benzene rings is 1. The minimum absolute atomic E-state index is 0.0528. The normalized spacial score (nSPS) is 19.1. The van der Waals surface area contributed by atoms with Crippen molar-refractivity contribution in [3.8, 4) is 0 Å². The summed E-state index contributed by atoms with van der Waals surface area (Å²) in [4.78, 5) is 31.7. The van der Waals surface area contributed by atoms with Gasteiger partial charge in [0.25, 0.3) is 0 Å². The molecule has 0 saturated carbocycles. The Balaban J connectivity index is 1.47. The number of halogens is 3. The lowest BCUT2D eigenvalue weighted by atomic mass is 10.0. The molecule has 166 valence electrons. The molecule has 0 aromatic heterocycles. The quantitative estimate of drug-likeness (QED) is 0.741. The Morgan fingerprint density at radius 1 is 1.07 bits per heavy atom. The molecule has 1 aromatic carbocycles. The fourth-order valence-electron chi connectivity index (χ4n) is 4.11. The number of carbonyl (C=O) groups is 2. The summed E-state index contributed by atoms with van der Waals surface area (Å²) in [6.07, 6.45) is -2.65. The van der Waals surface area contributed by atoms with Crippen LogP contribution < -0.4 is 4.90 Å². The second-order valence-electron chi connectivity index (χ2n) is 8.05. The van der Waals surface area contributed by atoms with Gasteiger partial charge in [0.1, 0.15) is 0 Å². The molecule has 0 unspecified atom stereocenters. The lowest BCUT2D eigenvalue weighted by molar-refractivity contribution is -0.137. The Labute approximate surface area is 175 Å². The topological polar surface area (TPSA) is 47.1 Å². The maximum Gasteiger partial charge on any atom is 0.416 e. The van der Waals surface area contributed by atoms with Crippen molar-refractivity contribution in [1.29, 1.82) is 0 Å². The van der Waals surface area contributed by atoms with E-state index < -0.39 is 11.7 Å². The van der Waals surface area contributed by atoms with Gasteiger partial charge < -0.3 is 14.7 Å². The van der Waals surface area contributed by atoms with Crippen LogP contribution in [0.25, 0.3) is 0 Å². The molecule has 0 bridgehead atoms. The predicted octanol–water partition coefficient (Wildman–Crippen LogP) is 2.30. The van der Waals surface area contributed by atoms with Gasteiger partial charge in [-0.25, -0.2) is 0 Å². The molecule has 2 amide bonds. The predicted molar refractivity (Wildman–Crippen MR) is 108 cm³/mol. The van der Waals surface area contributed by atoms with Gasteiger partial charge in [-0.2, -0.15) is 13.2 Å². The Bertz CT molecular complexity index is 755. The molecule has 3 rings (SSSR count). The molecule has 9 heteroatoms. The third-order valence-corrected chi connectivity index (χ3v) is 6.13. The summed E-state index contributed by atoms with van der Waals surface area (Å²) < 4.78 is 38.8. The highest BCUT2D eigenvalue weighted by molar-refractivity contribution is 5.78. The summed E-state index contributed by atoms with van der Waals surface area (Å²) in [7, 11) is 1.82. The van der Waals surface area contributed by atoms with Crippen LogP contribution in [0.3, 0.4) is 0 Å². The number of hydrogen-bond donors (Lipinski definition) is 0. The zero-order valence-electron chi connectivity index (χ0n) is 17.5. The van der Waals surface area contributed by atoms with Crippen LogP contribution in [-0.4, -0.2) is 85.4 Å². The van der Waals surface area contributed by atoms with Crippen LogP contribution >= 0.6 is 0 Å². The van der Waals surface area contributed by atoms with Crippen LogP contribution in [0.5, 0.6) is 0 Å². The Morgan fingerprint density at radius 3 is 2.27 bits per heavy atom. The van der Waals surface area contributed by atoms with E-state index in [1.165, 1.54) is 12.1 Å². The molecule has 2 fully saturated rings. The first kappa shape index (κ1) is 22.4. The number of anilines is 1. The summed E-state index contributed by atoms with van der Waals surface area (Å²) in [5, 5.41) is 0. The number of rotatable bonds is 4. The van der Waals surface area contributed by atoms with Crippen molar-refractivity contribution in [2.45, 2.75) is 32.0 Å². The zero-order valence-corrected chi connectivity index (χ0v) is 17.5. The van der Waals surface area contributed by atoms with Gasteiger partial charge in [-0.1, -0.05) is 6.07 Å². The SMILES string of the molecule is CC(=O)N(C)C1CCN(CC(=O)N2CCN(c3cccc(C(F)(F)F)c3)CC2)CC1. The summed E-state index contributed by atoms with van der Waals surface area (Å²) in [6.45, 7) is 5.49. The number of amides is 2. The van der Waals surface area contributed by atoms with E-state index in [0.717, 1.165) is 32.0 Å². The third-order valence-electron chi connectivity index (χ3n) is 6.13. The van der Waals surface area contributed by atoms with Gasteiger partial charge in [0.05, 0.1) is 12.1 Å². The Morgan fingerprint density at radius 2 is 1.70 bits per heavy atom. The number of piperidine rings is 1. The average Bonchev–Trinajstić information content (AvgIpc) is 2.73. The van der Waals surface area contributed by atoms with E-state index in [4.69, 9.17) is 0 Å². The van der Waals surface area contributed by atoms with E-state index in [9.17, 15) is 22.8 Å². The lowest BCUT2D eigenvalue weighted by Crippen LogP contribution is -2.53. The molecule has 0 spiro atoms. The molecular weight excluding hydrogens is 397 g/mol. The monoisotopic (exact) mass is 426 g/mol. The number of hydrogen-bond acceptors (Lipinski definition) is 4. The smallest absolute Gasteiger partial charge is 0.368 e. The van der Waals surface area contributed by atoms with Gasteiger partial charge in [-0.15, -0.1) is 0 Å². The van der Waals surface area contributed by atoms with E-state index in [0.29, 0.717) is 38.4 Å². The highest BCUT2D eigenvalue weighted by atomic mass is 19.4. The van der Waals surface area contributed by atoms with Gasteiger partial charge in [-0.05, 0) is 31.0 Å². The lowest BCUT2D eigenvalue weighted by Gasteiger charge is -2.39. The van der Waals surface area contributed by atoms with Crippen molar-refractivity contribution in [2.75, 3.05) is 57.8 Å². The molecule has 2 aliphatic rings. The second kappa shape index (κ2) is 9.24. The first-order chi connectivity index (χ1) is 14.1. The summed E-state index contributed by atoms with van der Waals surface area (Å²) in [5.41, 5.74) is -0.120. The van der Waals surface area contributed by atoms with Gasteiger partial charge in [0, 0.05) is 65.0 Å². The van der Waals surface area contributed by atoms with Gasteiger partial charge in [0.15, 0.2) is 0 Å². The number of nitrogens with zero attached hydrogens (tertiary/aromatic N) is 4. The summed E-state index contributed by atoms with van der Waals surface area (Å²) in [6, 6.07) is 5.56. The molecule has 2 heterocycles. The largest absolute Gasteiger partial charge is 0.416 e. The fraction of sp³-hybridized carbons (Fsp3) is 0.619. The molecule has 0 N–H and O–H groups in total. The minimum Gasteiger partial charge on any atom is -0.368 e. The molecule has 0 aliphatic carbocycles. The number of alkyl halides is 3. The summed E-state index contributed by atoms with van der Waals surface area (Å²) in [5.74, 6) is 0.111. The van der Waals surface area contributed by atoms with Crippen LogP contribution in [0.1, 0.15) is 25.3 Å². The van der Waals surface area contributed by atoms with Crippen molar-refractivity contribution >= 4 is 17.5 Å². The summed E-state index contributed by atoms with van der Waals surface area (Å²) >= 11 is 0. The van der Waals surface area contributed by atoms with E-state index in [1.54, 1.807) is 22.8 Å². The van der Waals surface area contributed by atoms with Crippen molar-refractivity contribution in [3.63, 3.8) is 0 Å². The van der Waals surface area contributed by atoms with E-state index in [2.05, 4.69) is 4.90 Å². The van der Waals surface area contributed by atoms with Crippen molar-refractivity contribution in [1.82, 2.24) is 14.7 Å². The maximum atomic E-state index is 12.9. The van der Waals surface area contributed by atoms with E-state index >= 15 is 0 Å². The van der Waals surface area contributed by atoms with Crippen LogP contribution in [0.4, 0.5) is 18.9 Å². The first-order valence-corrected chi connectivity index (χ1v) is 10.3. The molecule has 0 atom stereocenters. The van der Waals surface area contributed by atoms with E-state index in [-0.39, 0.29) is 17.9 Å².